The van der Waals surface area contributed by atoms with Crippen LogP contribution in [-0.4, -0.2) is 26.7 Å². The van der Waals surface area contributed by atoms with Crippen molar-refractivity contribution in [3.05, 3.63) is 66.3 Å². The average molecular weight is 343 g/mol. The summed E-state index contributed by atoms with van der Waals surface area (Å²) in [5, 5.41) is 9.01. The largest absolute Gasteiger partial charge is 0.479 e. The molecular weight excluding hydrogens is 318 g/mol. The summed E-state index contributed by atoms with van der Waals surface area (Å²) in [5.41, 5.74) is 2.48. The van der Waals surface area contributed by atoms with Gasteiger partial charge in [0.05, 0.1) is 12.4 Å². The molecule has 0 bridgehead atoms. The number of rotatable bonds is 10. The van der Waals surface area contributed by atoms with Gasteiger partial charge >= 0.3 is 5.97 Å². The third-order valence-corrected chi connectivity index (χ3v) is 4.27. The Kier molecular flexibility index (Phi) is 7.37. The van der Waals surface area contributed by atoms with Gasteiger partial charge in [-0.2, -0.15) is 0 Å². The molecular formula is C19H25N3O3. The molecule has 0 spiro atoms. The van der Waals surface area contributed by atoms with Crippen LogP contribution in [0.1, 0.15) is 37.8 Å². The van der Waals surface area contributed by atoms with E-state index in [-0.39, 0.29) is 6.04 Å². The smallest absolute Gasteiger partial charge is 0.334 e. The van der Waals surface area contributed by atoms with Crippen molar-refractivity contribution in [2.45, 2.75) is 44.8 Å². The topological polar surface area (TPSA) is 90.4 Å². The minimum absolute atomic E-state index is 0.150. The predicted octanol–water partition coefficient (Wildman–Crippen LogP) is 3.13. The number of nitrogens with two attached hydrogens (primary N) is 1. The van der Waals surface area contributed by atoms with Crippen molar-refractivity contribution < 1.29 is 14.7 Å². The first kappa shape index (κ1) is 18.9. The number of imidazole rings is 1. The second-order valence-corrected chi connectivity index (χ2v) is 5.89. The zero-order valence-electron chi connectivity index (χ0n) is 14.4. The zero-order valence-corrected chi connectivity index (χ0v) is 14.4. The Bertz CT molecular complexity index is 668. The van der Waals surface area contributed by atoms with E-state index in [1.54, 1.807) is 6.20 Å². The van der Waals surface area contributed by atoms with E-state index in [1.807, 2.05) is 30.7 Å². The summed E-state index contributed by atoms with van der Waals surface area (Å²) in [5.74, 6) is 4.01. The molecule has 0 fully saturated rings. The molecule has 0 radical (unpaired) electrons. The Hall–Kier alpha value is -2.44. The zero-order chi connectivity index (χ0) is 18.1. The SMILES string of the molecule is CC/C(=C\CCC(ON)C(=O)O)C(Cc1ccccc1)n1ccnc1. The van der Waals surface area contributed by atoms with Gasteiger partial charge in [0.1, 0.15) is 0 Å². The van der Waals surface area contributed by atoms with Gasteiger partial charge in [0.2, 0.25) is 0 Å². The fourth-order valence-electron chi connectivity index (χ4n) is 2.90. The molecule has 25 heavy (non-hydrogen) atoms. The number of allylic oxidation sites excluding steroid dienone is 2. The van der Waals surface area contributed by atoms with Gasteiger partial charge in [-0.25, -0.2) is 15.7 Å². The van der Waals surface area contributed by atoms with Crippen molar-refractivity contribution in [1.29, 1.82) is 0 Å². The molecule has 1 aromatic heterocycles. The van der Waals surface area contributed by atoms with Crippen LogP contribution in [0.2, 0.25) is 0 Å². The highest BCUT2D eigenvalue weighted by Crippen LogP contribution is 2.26. The van der Waals surface area contributed by atoms with Crippen LogP contribution in [0.15, 0.2) is 60.7 Å². The van der Waals surface area contributed by atoms with Crippen molar-refractivity contribution in [1.82, 2.24) is 9.55 Å². The Morgan fingerprint density at radius 1 is 1.40 bits per heavy atom. The molecule has 1 aromatic carbocycles. The lowest BCUT2D eigenvalue weighted by molar-refractivity contribution is -0.151. The lowest BCUT2D eigenvalue weighted by Crippen LogP contribution is -2.26. The fourth-order valence-corrected chi connectivity index (χ4v) is 2.90. The molecule has 0 amide bonds. The second-order valence-electron chi connectivity index (χ2n) is 5.89. The first-order valence-electron chi connectivity index (χ1n) is 8.44. The van der Waals surface area contributed by atoms with Crippen molar-refractivity contribution in [2.75, 3.05) is 0 Å². The molecule has 134 valence electrons. The maximum atomic E-state index is 11.0. The van der Waals surface area contributed by atoms with E-state index in [9.17, 15) is 4.79 Å². The summed E-state index contributed by atoms with van der Waals surface area (Å²) in [4.78, 5) is 19.7. The number of carboxylic acid groups (broad SMARTS) is 1. The van der Waals surface area contributed by atoms with Crippen LogP contribution < -0.4 is 5.90 Å². The summed E-state index contributed by atoms with van der Waals surface area (Å²) in [7, 11) is 0. The molecule has 1 heterocycles. The number of aliphatic carboxylic acids is 1. The molecule has 6 nitrogen and oxygen atoms in total. The van der Waals surface area contributed by atoms with Gasteiger partial charge in [-0.05, 0) is 31.2 Å². The Morgan fingerprint density at radius 3 is 2.72 bits per heavy atom. The average Bonchev–Trinajstić information content (AvgIpc) is 3.15. The number of carboxylic acids is 1. The van der Waals surface area contributed by atoms with E-state index in [0.717, 1.165) is 12.8 Å². The van der Waals surface area contributed by atoms with Crippen molar-refractivity contribution >= 4 is 5.97 Å². The van der Waals surface area contributed by atoms with Crippen LogP contribution >= 0.6 is 0 Å². The van der Waals surface area contributed by atoms with Crippen molar-refractivity contribution in [3.8, 4) is 0 Å². The number of aromatic nitrogens is 2. The van der Waals surface area contributed by atoms with Gasteiger partial charge in [-0.1, -0.05) is 48.9 Å². The van der Waals surface area contributed by atoms with Gasteiger partial charge in [0.25, 0.3) is 0 Å². The van der Waals surface area contributed by atoms with Crippen LogP contribution in [-0.2, 0) is 16.1 Å². The number of nitrogens with zero attached hydrogens (tertiary/aromatic N) is 2. The highest BCUT2D eigenvalue weighted by molar-refractivity contribution is 5.72. The van der Waals surface area contributed by atoms with E-state index in [4.69, 9.17) is 11.0 Å². The first-order valence-corrected chi connectivity index (χ1v) is 8.44. The van der Waals surface area contributed by atoms with Crippen molar-refractivity contribution in [2.24, 2.45) is 5.90 Å². The van der Waals surface area contributed by atoms with Crippen LogP contribution in [0, 0.1) is 0 Å². The number of benzene rings is 1. The van der Waals surface area contributed by atoms with E-state index in [0.29, 0.717) is 12.8 Å². The van der Waals surface area contributed by atoms with E-state index >= 15 is 0 Å². The standard InChI is InChI=1S/C19H25N3O3/c1-2-16(9-6-10-18(25-20)19(23)24)17(22-12-11-21-14-22)13-15-7-4-3-5-8-15/h3-5,7-9,11-12,14,17-18H,2,6,10,13,20H2,1H3,(H,23,24)/b16-9+. The monoisotopic (exact) mass is 343 g/mol. The molecule has 6 heteroatoms. The molecule has 0 saturated heterocycles. The third kappa shape index (κ3) is 5.55. The molecule has 2 rings (SSSR count). The van der Waals surface area contributed by atoms with Crippen molar-refractivity contribution in [3.63, 3.8) is 0 Å². The molecule has 0 aliphatic rings. The minimum Gasteiger partial charge on any atom is -0.479 e. The molecule has 2 unspecified atom stereocenters. The van der Waals surface area contributed by atoms with E-state index in [2.05, 4.69) is 39.5 Å². The summed E-state index contributed by atoms with van der Waals surface area (Å²) in [6.45, 7) is 2.11. The van der Waals surface area contributed by atoms with Crippen LogP contribution in [0.5, 0.6) is 0 Å². The fraction of sp³-hybridized carbons (Fsp3) is 0.368. The quantitative estimate of drug-likeness (QED) is 0.511. The van der Waals surface area contributed by atoms with Gasteiger partial charge < -0.3 is 9.67 Å². The van der Waals surface area contributed by atoms with Crippen LogP contribution in [0.25, 0.3) is 0 Å². The Labute approximate surface area is 147 Å². The van der Waals surface area contributed by atoms with Gasteiger partial charge in [0, 0.05) is 12.4 Å². The summed E-state index contributed by atoms with van der Waals surface area (Å²) < 4.78 is 2.09. The normalized spacial score (nSPS) is 14.2. The highest BCUT2D eigenvalue weighted by Gasteiger charge is 2.18. The van der Waals surface area contributed by atoms with Gasteiger partial charge in [-0.15, -0.1) is 0 Å². The highest BCUT2D eigenvalue weighted by atomic mass is 16.6. The second kappa shape index (κ2) is 9.76. The molecule has 0 saturated carbocycles. The molecule has 3 N–H and O–H groups in total. The van der Waals surface area contributed by atoms with Gasteiger partial charge in [-0.3, -0.25) is 4.84 Å². The van der Waals surface area contributed by atoms with E-state index in [1.165, 1.54) is 11.1 Å². The summed E-state index contributed by atoms with van der Waals surface area (Å²) in [6.07, 6.45) is 9.34. The third-order valence-electron chi connectivity index (χ3n) is 4.27. The minimum atomic E-state index is -1.04. The van der Waals surface area contributed by atoms with Crippen LogP contribution in [0.3, 0.4) is 0 Å². The molecule has 2 atom stereocenters. The summed E-state index contributed by atoms with van der Waals surface area (Å²) in [6, 6.07) is 10.4. The molecule has 0 aliphatic carbocycles. The Balaban J connectivity index is 2.15. The molecule has 2 aromatic rings. The maximum absolute atomic E-state index is 11.0. The van der Waals surface area contributed by atoms with Gasteiger partial charge in [0.15, 0.2) is 6.10 Å². The number of carbonyl (C=O) groups is 1. The lowest BCUT2D eigenvalue weighted by atomic mass is 9.95. The van der Waals surface area contributed by atoms with Crippen LogP contribution in [0.4, 0.5) is 0 Å². The number of hydrogen-bond donors (Lipinski definition) is 2. The predicted molar refractivity (Wildman–Crippen MR) is 95.7 cm³/mol. The maximum Gasteiger partial charge on any atom is 0.334 e. The molecule has 0 aliphatic heterocycles. The van der Waals surface area contributed by atoms with E-state index < -0.39 is 12.1 Å². The summed E-state index contributed by atoms with van der Waals surface area (Å²) >= 11 is 0. The number of hydrogen-bond acceptors (Lipinski definition) is 4. The lowest BCUT2D eigenvalue weighted by Gasteiger charge is -2.22. The first-order chi connectivity index (χ1) is 12.2. The Morgan fingerprint density at radius 2 is 2.16 bits per heavy atom.